The van der Waals surface area contributed by atoms with Crippen molar-refractivity contribution in [3.05, 3.63) is 64.3 Å². The Bertz CT molecular complexity index is 927. The number of benzene rings is 1. The summed E-state index contributed by atoms with van der Waals surface area (Å²) in [6.45, 7) is 3.14. The van der Waals surface area contributed by atoms with Gasteiger partial charge in [0.25, 0.3) is 0 Å². The van der Waals surface area contributed by atoms with Crippen LogP contribution in [0.1, 0.15) is 55.3 Å². The smallest absolute Gasteiger partial charge is 0.138 e. The van der Waals surface area contributed by atoms with Crippen molar-refractivity contribution in [2.45, 2.75) is 51.9 Å². The lowest BCUT2D eigenvalue weighted by atomic mass is 9.97. The highest BCUT2D eigenvalue weighted by atomic mass is 32.1. The molecular formula is C23H27N3S. The Morgan fingerprint density at radius 3 is 2.78 bits per heavy atom. The normalized spacial score (nSPS) is 14.3. The molecule has 4 rings (SSSR count). The number of aromatic nitrogens is 2. The lowest BCUT2D eigenvalue weighted by Gasteiger charge is -2.14. The van der Waals surface area contributed by atoms with E-state index in [1.807, 2.05) is 6.07 Å². The summed E-state index contributed by atoms with van der Waals surface area (Å²) in [6, 6.07) is 12.7. The molecule has 0 atom stereocenters. The predicted octanol–water partition coefficient (Wildman–Crippen LogP) is 6.15. The minimum atomic E-state index is 0.774. The molecule has 0 fully saturated rings. The van der Waals surface area contributed by atoms with Gasteiger partial charge >= 0.3 is 0 Å². The molecular weight excluding hydrogens is 350 g/mol. The Balaban J connectivity index is 1.56. The first-order chi connectivity index (χ1) is 13.3. The molecule has 1 aromatic carbocycles. The Labute approximate surface area is 165 Å². The summed E-state index contributed by atoms with van der Waals surface area (Å²) in [5, 5.41) is 4.79. The maximum absolute atomic E-state index is 4.89. The molecule has 2 aromatic heterocycles. The fourth-order valence-electron chi connectivity index (χ4n) is 3.66. The van der Waals surface area contributed by atoms with E-state index in [9.17, 15) is 0 Å². The standard InChI is InChI=1S/C23H27N3S/c1-2-19-16-20-22(24-14-13-17-9-5-3-6-10-17)25-21(26-23(20)27-19)15-18-11-7-4-8-12-18/h4,7-9,11-12,16H,2-3,5-6,10,13-15H2,1H3,(H,24,25,26). The fraction of sp³-hybridized carbons (Fsp3) is 0.391. The summed E-state index contributed by atoms with van der Waals surface area (Å²) in [5.41, 5.74) is 2.85. The second kappa shape index (κ2) is 8.66. The second-order valence-electron chi connectivity index (χ2n) is 7.22. The van der Waals surface area contributed by atoms with Crippen molar-refractivity contribution in [1.82, 2.24) is 9.97 Å². The number of anilines is 1. The van der Waals surface area contributed by atoms with E-state index < -0.39 is 0 Å². The van der Waals surface area contributed by atoms with Gasteiger partial charge in [-0.15, -0.1) is 11.3 Å². The van der Waals surface area contributed by atoms with Crippen LogP contribution in [0.25, 0.3) is 10.2 Å². The zero-order chi connectivity index (χ0) is 18.5. The van der Waals surface area contributed by atoms with Gasteiger partial charge in [0, 0.05) is 17.8 Å². The van der Waals surface area contributed by atoms with Gasteiger partial charge in [0.15, 0.2) is 0 Å². The Hall–Kier alpha value is -2.20. The first kappa shape index (κ1) is 18.2. The lowest BCUT2D eigenvalue weighted by Crippen LogP contribution is -2.08. The van der Waals surface area contributed by atoms with Gasteiger partial charge in [-0.2, -0.15) is 0 Å². The minimum absolute atomic E-state index is 0.774. The third-order valence-corrected chi connectivity index (χ3v) is 6.34. The monoisotopic (exact) mass is 377 g/mol. The van der Waals surface area contributed by atoms with Crippen molar-refractivity contribution >= 4 is 27.4 Å². The molecule has 2 heterocycles. The molecule has 0 saturated carbocycles. The van der Waals surface area contributed by atoms with E-state index in [1.165, 1.54) is 41.5 Å². The molecule has 0 aliphatic heterocycles. The quantitative estimate of drug-likeness (QED) is 0.502. The second-order valence-corrected chi connectivity index (χ2v) is 8.34. The number of nitrogens with zero attached hydrogens (tertiary/aromatic N) is 2. The van der Waals surface area contributed by atoms with Crippen molar-refractivity contribution < 1.29 is 0 Å². The summed E-state index contributed by atoms with van der Waals surface area (Å²) in [4.78, 5) is 12.2. The molecule has 1 aliphatic carbocycles. The van der Waals surface area contributed by atoms with Gasteiger partial charge in [0.05, 0.1) is 5.39 Å². The predicted molar refractivity (Wildman–Crippen MR) is 116 cm³/mol. The highest BCUT2D eigenvalue weighted by molar-refractivity contribution is 7.18. The molecule has 0 spiro atoms. The number of allylic oxidation sites excluding steroid dienone is 1. The van der Waals surface area contributed by atoms with Gasteiger partial charge < -0.3 is 5.32 Å². The SMILES string of the molecule is CCc1cc2c(NCCC3=CCCCC3)nc(Cc3ccccc3)nc2s1. The third-order valence-electron chi connectivity index (χ3n) is 5.17. The Kier molecular flexibility index (Phi) is 5.83. The maximum Gasteiger partial charge on any atom is 0.138 e. The number of aryl methyl sites for hydroxylation is 1. The first-order valence-electron chi connectivity index (χ1n) is 10.1. The summed E-state index contributed by atoms with van der Waals surface area (Å²) < 4.78 is 0. The van der Waals surface area contributed by atoms with Gasteiger partial charge in [0.1, 0.15) is 16.5 Å². The number of nitrogens with one attached hydrogen (secondary N) is 1. The van der Waals surface area contributed by atoms with Crippen LogP contribution in [0.4, 0.5) is 5.82 Å². The molecule has 0 unspecified atom stereocenters. The molecule has 0 bridgehead atoms. The molecule has 140 valence electrons. The molecule has 1 aliphatic rings. The van der Waals surface area contributed by atoms with E-state index in [2.05, 4.69) is 48.6 Å². The van der Waals surface area contributed by atoms with E-state index in [4.69, 9.17) is 9.97 Å². The molecule has 0 radical (unpaired) electrons. The van der Waals surface area contributed by atoms with Crippen molar-refractivity contribution in [2.75, 3.05) is 11.9 Å². The van der Waals surface area contributed by atoms with Crippen LogP contribution in [0.2, 0.25) is 0 Å². The van der Waals surface area contributed by atoms with E-state index in [0.29, 0.717) is 0 Å². The molecule has 1 N–H and O–H groups in total. The van der Waals surface area contributed by atoms with Crippen LogP contribution in [-0.2, 0) is 12.8 Å². The van der Waals surface area contributed by atoms with E-state index in [1.54, 1.807) is 16.9 Å². The van der Waals surface area contributed by atoms with E-state index >= 15 is 0 Å². The lowest BCUT2D eigenvalue weighted by molar-refractivity contribution is 0.679. The van der Waals surface area contributed by atoms with Crippen LogP contribution in [-0.4, -0.2) is 16.5 Å². The van der Waals surface area contributed by atoms with Crippen molar-refractivity contribution in [1.29, 1.82) is 0 Å². The molecule has 4 heteroatoms. The van der Waals surface area contributed by atoms with Crippen molar-refractivity contribution in [2.24, 2.45) is 0 Å². The maximum atomic E-state index is 4.89. The first-order valence-corrected chi connectivity index (χ1v) is 10.9. The van der Waals surface area contributed by atoms with Crippen LogP contribution < -0.4 is 5.32 Å². The third kappa shape index (κ3) is 4.56. The van der Waals surface area contributed by atoms with Gasteiger partial charge in [-0.3, -0.25) is 0 Å². The molecule has 3 nitrogen and oxygen atoms in total. The van der Waals surface area contributed by atoms with Crippen LogP contribution in [0.15, 0.2) is 48.0 Å². The highest BCUT2D eigenvalue weighted by Gasteiger charge is 2.12. The number of fused-ring (bicyclic) bond motifs is 1. The van der Waals surface area contributed by atoms with Gasteiger partial charge in [-0.25, -0.2) is 9.97 Å². The van der Waals surface area contributed by atoms with Crippen LogP contribution in [0.5, 0.6) is 0 Å². The molecule has 0 amide bonds. The largest absolute Gasteiger partial charge is 0.369 e. The highest BCUT2D eigenvalue weighted by Crippen LogP contribution is 2.30. The van der Waals surface area contributed by atoms with Crippen molar-refractivity contribution in [3.63, 3.8) is 0 Å². The molecule has 0 saturated heterocycles. The van der Waals surface area contributed by atoms with Gasteiger partial charge in [0.2, 0.25) is 0 Å². The van der Waals surface area contributed by atoms with Crippen molar-refractivity contribution in [3.8, 4) is 0 Å². The Morgan fingerprint density at radius 1 is 1.11 bits per heavy atom. The number of rotatable bonds is 7. The topological polar surface area (TPSA) is 37.8 Å². The number of hydrogen-bond acceptors (Lipinski definition) is 4. The molecule has 3 aromatic rings. The van der Waals surface area contributed by atoms with Crippen LogP contribution in [0, 0.1) is 0 Å². The number of hydrogen-bond donors (Lipinski definition) is 1. The summed E-state index contributed by atoms with van der Waals surface area (Å²) >= 11 is 1.80. The Morgan fingerprint density at radius 2 is 2.00 bits per heavy atom. The minimum Gasteiger partial charge on any atom is -0.369 e. The van der Waals surface area contributed by atoms with E-state index in [-0.39, 0.29) is 0 Å². The average molecular weight is 378 g/mol. The van der Waals surface area contributed by atoms with E-state index in [0.717, 1.165) is 42.3 Å². The summed E-state index contributed by atoms with van der Waals surface area (Å²) in [5.74, 6) is 1.90. The fourth-order valence-corrected chi connectivity index (χ4v) is 4.64. The zero-order valence-corrected chi connectivity index (χ0v) is 16.8. The number of thiophene rings is 1. The average Bonchev–Trinajstić information content (AvgIpc) is 3.13. The summed E-state index contributed by atoms with van der Waals surface area (Å²) in [6.07, 6.45) is 10.6. The van der Waals surface area contributed by atoms with Crippen LogP contribution >= 0.6 is 11.3 Å². The molecule has 27 heavy (non-hydrogen) atoms. The van der Waals surface area contributed by atoms with Crippen LogP contribution in [0.3, 0.4) is 0 Å². The zero-order valence-electron chi connectivity index (χ0n) is 16.0. The van der Waals surface area contributed by atoms with Gasteiger partial charge in [-0.05, 0) is 50.2 Å². The van der Waals surface area contributed by atoms with Gasteiger partial charge in [-0.1, -0.05) is 48.9 Å². The summed E-state index contributed by atoms with van der Waals surface area (Å²) in [7, 11) is 0.